The summed E-state index contributed by atoms with van der Waals surface area (Å²) in [7, 11) is 0. The third kappa shape index (κ3) is 20.1. The number of carbonyl (C=O) groups excluding carboxylic acids is 1. The maximum Gasteiger partial charge on any atom is 0.407 e. The lowest BCUT2D eigenvalue weighted by atomic mass is 10.0. The second-order valence-electron chi connectivity index (χ2n) is 10.7. The highest BCUT2D eigenvalue weighted by Gasteiger charge is 2.19. The van der Waals surface area contributed by atoms with Gasteiger partial charge >= 0.3 is 6.09 Å². The molecule has 0 bridgehead atoms. The number of benzene rings is 1. The maximum atomic E-state index is 12.2. The second-order valence-corrected chi connectivity index (χ2v) is 10.7. The molecule has 2 atom stereocenters. The van der Waals surface area contributed by atoms with Gasteiger partial charge in [-0.05, 0) is 17.9 Å². The van der Waals surface area contributed by atoms with Crippen LogP contribution in [0.5, 0.6) is 0 Å². The predicted molar refractivity (Wildman–Crippen MR) is 157 cm³/mol. The van der Waals surface area contributed by atoms with E-state index in [0.29, 0.717) is 12.5 Å². The Labute approximate surface area is 228 Å². The smallest absolute Gasteiger partial charge is 0.407 e. The molecule has 214 valence electrons. The number of hydrogen-bond acceptors (Lipinski definition) is 4. The number of rotatable bonds is 25. The van der Waals surface area contributed by atoms with Crippen molar-refractivity contribution in [2.75, 3.05) is 13.2 Å². The van der Waals surface area contributed by atoms with Gasteiger partial charge in [-0.3, -0.25) is 4.84 Å². The fourth-order valence-electron chi connectivity index (χ4n) is 4.52. The zero-order chi connectivity index (χ0) is 26.8. The molecule has 5 heteroatoms. The van der Waals surface area contributed by atoms with Crippen molar-refractivity contribution in [1.82, 2.24) is 10.8 Å². The molecule has 2 unspecified atom stereocenters. The Hall–Kier alpha value is -1.59. The molecule has 1 aromatic carbocycles. The molecule has 0 fully saturated rings. The van der Waals surface area contributed by atoms with Crippen LogP contribution in [-0.4, -0.2) is 25.3 Å². The molecule has 1 aromatic rings. The Morgan fingerprint density at radius 2 is 1.27 bits per heavy atom. The van der Waals surface area contributed by atoms with Crippen LogP contribution in [0.3, 0.4) is 0 Å². The van der Waals surface area contributed by atoms with E-state index < -0.39 is 6.09 Å². The zero-order valence-corrected chi connectivity index (χ0v) is 24.4. The normalized spacial score (nSPS) is 12.8. The van der Waals surface area contributed by atoms with Crippen LogP contribution < -0.4 is 10.8 Å². The summed E-state index contributed by atoms with van der Waals surface area (Å²) in [4.78, 5) is 17.9. The standard InChI is InChI=1S/C32H58N2O3/c1-4-6-7-8-9-10-11-12-13-14-15-16-17-18-19-23-26-33-37-28-31(29(3)5-2)34-32(35)36-27-30-24-21-20-22-25-30/h20-22,24-25,29,31,33H,4-19,23,26-28H2,1-3H3,(H,34,35). The average molecular weight is 519 g/mol. The van der Waals surface area contributed by atoms with E-state index in [2.05, 4.69) is 31.6 Å². The molecule has 1 rings (SSSR count). The van der Waals surface area contributed by atoms with Gasteiger partial charge in [-0.2, -0.15) is 0 Å². The monoisotopic (exact) mass is 518 g/mol. The van der Waals surface area contributed by atoms with E-state index >= 15 is 0 Å². The SMILES string of the molecule is CCCCCCCCCCCCCCCCCCNOCC(NC(=O)OCc1ccccc1)C(C)CC. The maximum absolute atomic E-state index is 12.2. The van der Waals surface area contributed by atoms with Crippen LogP contribution in [0, 0.1) is 5.92 Å². The van der Waals surface area contributed by atoms with Crippen LogP contribution in [-0.2, 0) is 16.2 Å². The molecule has 0 aliphatic heterocycles. The molecule has 0 saturated heterocycles. The van der Waals surface area contributed by atoms with Crippen molar-refractivity contribution in [3.8, 4) is 0 Å². The van der Waals surface area contributed by atoms with Crippen LogP contribution in [0.15, 0.2) is 30.3 Å². The first kappa shape index (κ1) is 33.4. The van der Waals surface area contributed by atoms with Gasteiger partial charge in [0.05, 0.1) is 12.6 Å². The van der Waals surface area contributed by atoms with Crippen molar-refractivity contribution in [3.05, 3.63) is 35.9 Å². The number of alkyl carbamates (subject to hydrolysis) is 1. The third-order valence-corrected chi connectivity index (χ3v) is 7.34. The van der Waals surface area contributed by atoms with Gasteiger partial charge in [0.2, 0.25) is 0 Å². The first-order valence-corrected chi connectivity index (χ1v) is 15.5. The highest BCUT2D eigenvalue weighted by atomic mass is 16.6. The van der Waals surface area contributed by atoms with E-state index in [1.54, 1.807) is 0 Å². The van der Waals surface area contributed by atoms with Gasteiger partial charge in [0.25, 0.3) is 0 Å². The second kappa shape index (κ2) is 24.7. The van der Waals surface area contributed by atoms with Crippen LogP contribution in [0.2, 0.25) is 0 Å². The van der Waals surface area contributed by atoms with Gasteiger partial charge in [-0.1, -0.05) is 154 Å². The summed E-state index contributed by atoms with van der Waals surface area (Å²) in [5.41, 5.74) is 4.06. The fourth-order valence-corrected chi connectivity index (χ4v) is 4.52. The van der Waals surface area contributed by atoms with Crippen LogP contribution in [0.4, 0.5) is 4.79 Å². The number of hydroxylamine groups is 1. The Balaban J connectivity index is 1.93. The Morgan fingerprint density at radius 1 is 0.757 bits per heavy atom. The summed E-state index contributed by atoms with van der Waals surface area (Å²) < 4.78 is 5.37. The number of ether oxygens (including phenoxy) is 1. The minimum atomic E-state index is -0.393. The topological polar surface area (TPSA) is 59.6 Å². The van der Waals surface area contributed by atoms with Gasteiger partial charge in [0, 0.05) is 6.54 Å². The summed E-state index contributed by atoms with van der Waals surface area (Å²) in [6, 6.07) is 9.66. The first-order valence-electron chi connectivity index (χ1n) is 15.5. The van der Waals surface area contributed by atoms with Crippen molar-refractivity contribution in [2.45, 2.75) is 143 Å². The lowest BCUT2D eigenvalue weighted by molar-refractivity contribution is 0.0149. The highest BCUT2D eigenvalue weighted by Crippen LogP contribution is 2.14. The molecule has 1 amide bonds. The molecular formula is C32H58N2O3. The number of unbranched alkanes of at least 4 members (excludes halogenated alkanes) is 15. The molecule has 5 nitrogen and oxygen atoms in total. The molecule has 37 heavy (non-hydrogen) atoms. The summed E-state index contributed by atoms with van der Waals surface area (Å²) in [6.07, 6.45) is 22.6. The predicted octanol–water partition coefficient (Wildman–Crippen LogP) is 9.11. The van der Waals surface area contributed by atoms with Crippen molar-refractivity contribution >= 4 is 6.09 Å². The molecule has 0 saturated carbocycles. The van der Waals surface area contributed by atoms with Gasteiger partial charge < -0.3 is 10.1 Å². The van der Waals surface area contributed by atoms with Gasteiger partial charge in [0.15, 0.2) is 0 Å². The molecule has 0 aliphatic carbocycles. The van der Waals surface area contributed by atoms with E-state index in [1.165, 1.54) is 96.3 Å². The van der Waals surface area contributed by atoms with E-state index in [4.69, 9.17) is 9.57 Å². The van der Waals surface area contributed by atoms with E-state index in [1.807, 2.05) is 30.3 Å². The van der Waals surface area contributed by atoms with Gasteiger partial charge in [-0.25, -0.2) is 10.3 Å². The summed E-state index contributed by atoms with van der Waals surface area (Å²) >= 11 is 0. The molecule has 0 aromatic heterocycles. The Morgan fingerprint density at radius 3 is 1.78 bits per heavy atom. The van der Waals surface area contributed by atoms with Crippen LogP contribution >= 0.6 is 0 Å². The minimum absolute atomic E-state index is 0.0773. The summed E-state index contributed by atoms with van der Waals surface area (Å²) in [5.74, 6) is 0.307. The van der Waals surface area contributed by atoms with E-state index in [-0.39, 0.29) is 12.6 Å². The summed E-state index contributed by atoms with van der Waals surface area (Å²) in [6.45, 7) is 8.10. The molecule has 0 heterocycles. The van der Waals surface area contributed by atoms with Crippen molar-refractivity contribution in [2.24, 2.45) is 5.92 Å². The van der Waals surface area contributed by atoms with E-state index in [0.717, 1.165) is 24.9 Å². The Kier molecular flexibility index (Phi) is 22.3. The lowest BCUT2D eigenvalue weighted by Crippen LogP contribution is -2.44. The van der Waals surface area contributed by atoms with Crippen molar-refractivity contribution < 1.29 is 14.4 Å². The fraction of sp³-hybridized carbons (Fsp3) is 0.781. The highest BCUT2D eigenvalue weighted by molar-refractivity contribution is 5.67. The molecule has 2 N–H and O–H groups in total. The number of hydrogen-bond donors (Lipinski definition) is 2. The Bertz CT molecular complexity index is 626. The van der Waals surface area contributed by atoms with Gasteiger partial charge in [-0.15, -0.1) is 0 Å². The first-order chi connectivity index (χ1) is 18.2. The largest absolute Gasteiger partial charge is 0.445 e. The summed E-state index contributed by atoms with van der Waals surface area (Å²) in [5, 5.41) is 2.97. The van der Waals surface area contributed by atoms with E-state index in [9.17, 15) is 4.79 Å². The molecule has 0 spiro atoms. The zero-order valence-electron chi connectivity index (χ0n) is 24.4. The minimum Gasteiger partial charge on any atom is -0.445 e. The third-order valence-electron chi connectivity index (χ3n) is 7.34. The number of carbonyl (C=O) groups is 1. The lowest BCUT2D eigenvalue weighted by Gasteiger charge is -2.23. The van der Waals surface area contributed by atoms with Crippen molar-refractivity contribution in [1.29, 1.82) is 0 Å². The average Bonchev–Trinajstić information content (AvgIpc) is 2.92. The van der Waals surface area contributed by atoms with Gasteiger partial charge in [0.1, 0.15) is 6.61 Å². The molecule has 0 aliphatic rings. The van der Waals surface area contributed by atoms with Crippen molar-refractivity contribution in [3.63, 3.8) is 0 Å². The van der Waals surface area contributed by atoms with Crippen LogP contribution in [0.25, 0.3) is 0 Å². The number of nitrogens with one attached hydrogen (secondary N) is 2. The van der Waals surface area contributed by atoms with Crippen LogP contribution in [0.1, 0.15) is 135 Å². The number of amides is 1. The quantitative estimate of drug-likeness (QED) is 0.100. The molecular weight excluding hydrogens is 460 g/mol. The molecule has 0 radical (unpaired) electrons.